The molecule has 0 spiro atoms. The van der Waals surface area contributed by atoms with Crippen LogP contribution in [0, 0.1) is 0 Å². The molecule has 0 saturated heterocycles. The van der Waals surface area contributed by atoms with Gasteiger partial charge in [-0.25, -0.2) is 0 Å². The second-order valence-corrected chi connectivity index (χ2v) is 14.2. The fraction of sp³-hybridized carbons (Fsp3) is 0.0588. The molecule has 0 radical (unpaired) electrons. The Morgan fingerprint density at radius 3 is 1.17 bits per heavy atom. The Labute approximate surface area is 307 Å². The van der Waals surface area contributed by atoms with Crippen LogP contribution in [-0.2, 0) is 5.41 Å². The van der Waals surface area contributed by atoms with Crippen molar-refractivity contribution in [2.75, 3.05) is 4.90 Å². The van der Waals surface area contributed by atoms with Crippen molar-refractivity contribution in [2.45, 2.75) is 19.3 Å². The predicted octanol–water partition coefficient (Wildman–Crippen LogP) is 14.1. The van der Waals surface area contributed by atoms with Crippen LogP contribution in [0.4, 0.5) is 17.1 Å². The molecule has 8 aromatic carbocycles. The average Bonchev–Trinajstić information content (AvgIpc) is 3.45. The minimum atomic E-state index is -0.239. The monoisotopic (exact) mass is 665 g/mol. The highest BCUT2D eigenvalue weighted by atomic mass is 15.1. The van der Waals surface area contributed by atoms with Crippen LogP contribution in [0.3, 0.4) is 0 Å². The van der Waals surface area contributed by atoms with Crippen molar-refractivity contribution in [3.05, 3.63) is 211 Å². The van der Waals surface area contributed by atoms with Gasteiger partial charge in [0.05, 0.1) is 0 Å². The molecule has 0 heterocycles. The summed E-state index contributed by atoms with van der Waals surface area (Å²) in [6.07, 6.45) is 0. The number of fused-ring (bicyclic) bond motifs is 3. The van der Waals surface area contributed by atoms with Gasteiger partial charge < -0.3 is 4.90 Å². The van der Waals surface area contributed by atoms with E-state index in [0.29, 0.717) is 0 Å². The highest BCUT2D eigenvalue weighted by molar-refractivity contribution is 5.98. The Kier molecular flexibility index (Phi) is 7.90. The van der Waals surface area contributed by atoms with Crippen LogP contribution in [0.25, 0.3) is 55.6 Å². The molecular formula is C51H39N. The Bertz CT molecular complexity index is 2400. The van der Waals surface area contributed by atoms with Gasteiger partial charge in [-0.3, -0.25) is 0 Å². The van der Waals surface area contributed by atoms with Crippen molar-refractivity contribution in [3.8, 4) is 55.6 Å². The van der Waals surface area contributed by atoms with Crippen LogP contribution in [0.15, 0.2) is 200 Å². The van der Waals surface area contributed by atoms with Crippen molar-refractivity contribution < 1.29 is 0 Å². The van der Waals surface area contributed by atoms with Gasteiger partial charge in [0, 0.05) is 22.5 Å². The lowest BCUT2D eigenvalue weighted by Gasteiger charge is -2.29. The molecule has 0 atom stereocenters. The van der Waals surface area contributed by atoms with Crippen LogP contribution >= 0.6 is 0 Å². The van der Waals surface area contributed by atoms with Gasteiger partial charge in [0.15, 0.2) is 0 Å². The van der Waals surface area contributed by atoms with Gasteiger partial charge in [0.1, 0.15) is 0 Å². The average molecular weight is 666 g/mol. The topological polar surface area (TPSA) is 3.24 Å². The van der Waals surface area contributed by atoms with Gasteiger partial charge in [0.2, 0.25) is 0 Å². The summed E-state index contributed by atoms with van der Waals surface area (Å²) in [7, 11) is 0. The Morgan fingerprint density at radius 2 is 0.692 bits per heavy atom. The molecule has 1 aliphatic rings. The molecular weight excluding hydrogens is 627 g/mol. The van der Waals surface area contributed by atoms with Crippen molar-refractivity contribution >= 4 is 17.1 Å². The number of benzene rings is 8. The van der Waals surface area contributed by atoms with Gasteiger partial charge in [-0.1, -0.05) is 178 Å². The zero-order valence-electron chi connectivity index (χ0n) is 29.5. The third kappa shape index (κ3) is 5.52. The molecule has 1 aliphatic carbocycles. The fourth-order valence-electron chi connectivity index (χ4n) is 8.10. The maximum Gasteiger partial charge on any atom is 0.0465 e. The van der Waals surface area contributed by atoms with Gasteiger partial charge in [0.25, 0.3) is 0 Å². The summed E-state index contributed by atoms with van der Waals surface area (Å²) in [5.74, 6) is 0. The van der Waals surface area contributed by atoms with Crippen molar-refractivity contribution in [3.63, 3.8) is 0 Å². The minimum Gasteiger partial charge on any atom is -0.310 e. The molecule has 248 valence electrons. The standard InChI is InChI=1S/C51H39N/c1-51(2)48-35-44(31-32-47(48)49-45(40-19-11-5-12-20-40)33-34-46(50(49)51)41-21-13-6-14-22-41)52(42-27-23-38(24-28-42)36-15-7-3-8-16-36)43-29-25-39(26-30-43)37-17-9-4-10-18-37/h3-35H,1-2H3. The summed E-state index contributed by atoms with van der Waals surface area (Å²) in [6, 6.07) is 72.6. The van der Waals surface area contributed by atoms with Crippen LogP contribution in [0.5, 0.6) is 0 Å². The third-order valence-corrected chi connectivity index (χ3v) is 10.7. The largest absolute Gasteiger partial charge is 0.310 e. The van der Waals surface area contributed by atoms with E-state index in [0.717, 1.165) is 17.1 Å². The normalized spacial score (nSPS) is 12.6. The minimum absolute atomic E-state index is 0.239. The molecule has 0 aliphatic heterocycles. The molecule has 0 bridgehead atoms. The van der Waals surface area contributed by atoms with E-state index >= 15 is 0 Å². The molecule has 1 heteroatoms. The number of rotatable bonds is 7. The van der Waals surface area contributed by atoms with E-state index in [4.69, 9.17) is 0 Å². The number of anilines is 3. The van der Waals surface area contributed by atoms with Crippen LogP contribution < -0.4 is 4.90 Å². The van der Waals surface area contributed by atoms with E-state index in [1.807, 2.05) is 0 Å². The number of nitrogens with zero attached hydrogens (tertiary/aromatic N) is 1. The molecule has 0 unspecified atom stereocenters. The maximum atomic E-state index is 2.44. The first kappa shape index (κ1) is 31.5. The smallest absolute Gasteiger partial charge is 0.0465 e. The van der Waals surface area contributed by atoms with E-state index in [1.165, 1.54) is 66.8 Å². The van der Waals surface area contributed by atoms with Crippen molar-refractivity contribution in [1.82, 2.24) is 0 Å². The molecule has 0 N–H and O–H groups in total. The summed E-state index contributed by atoms with van der Waals surface area (Å²) >= 11 is 0. The summed E-state index contributed by atoms with van der Waals surface area (Å²) in [5, 5.41) is 0. The fourth-order valence-corrected chi connectivity index (χ4v) is 8.10. The third-order valence-electron chi connectivity index (χ3n) is 10.7. The highest BCUT2D eigenvalue weighted by Gasteiger charge is 2.40. The van der Waals surface area contributed by atoms with Crippen LogP contribution in [-0.4, -0.2) is 0 Å². The predicted molar refractivity (Wildman–Crippen MR) is 220 cm³/mol. The first-order chi connectivity index (χ1) is 25.6. The SMILES string of the molecule is CC1(C)c2cc(N(c3ccc(-c4ccccc4)cc3)c3ccc(-c4ccccc4)cc3)ccc2-c2c(-c3ccccc3)ccc(-c3ccccc3)c21. The van der Waals surface area contributed by atoms with E-state index in [1.54, 1.807) is 0 Å². The molecule has 0 aromatic heterocycles. The number of hydrogen-bond donors (Lipinski definition) is 0. The molecule has 0 fully saturated rings. The number of hydrogen-bond acceptors (Lipinski definition) is 1. The quantitative estimate of drug-likeness (QED) is 0.164. The Balaban J connectivity index is 1.21. The molecule has 8 aromatic rings. The van der Waals surface area contributed by atoms with Crippen LogP contribution in [0.1, 0.15) is 25.0 Å². The molecule has 1 nitrogen and oxygen atoms in total. The second kappa shape index (κ2) is 13.0. The van der Waals surface area contributed by atoms with E-state index < -0.39 is 0 Å². The van der Waals surface area contributed by atoms with Gasteiger partial charge >= 0.3 is 0 Å². The van der Waals surface area contributed by atoms with Crippen molar-refractivity contribution in [2.24, 2.45) is 0 Å². The Hall–Kier alpha value is -6.44. The second-order valence-electron chi connectivity index (χ2n) is 14.2. The zero-order valence-corrected chi connectivity index (χ0v) is 29.5. The maximum absolute atomic E-state index is 2.44. The summed E-state index contributed by atoms with van der Waals surface area (Å²) in [5.41, 5.74) is 18.4. The molecule has 0 amide bonds. The first-order valence-electron chi connectivity index (χ1n) is 18.1. The van der Waals surface area contributed by atoms with Crippen molar-refractivity contribution in [1.29, 1.82) is 0 Å². The lowest BCUT2D eigenvalue weighted by Crippen LogP contribution is -2.17. The highest BCUT2D eigenvalue weighted by Crippen LogP contribution is 2.56. The zero-order chi connectivity index (χ0) is 35.1. The Morgan fingerprint density at radius 1 is 0.327 bits per heavy atom. The molecule has 0 saturated carbocycles. The van der Waals surface area contributed by atoms with Crippen LogP contribution in [0.2, 0.25) is 0 Å². The van der Waals surface area contributed by atoms with Gasteiger partial charge in [-0.2, -0.15) is 0 Å². The molecule has 9 rings (SSSR count). The lowest BCUT2D eigenvalue weighted by atomic mass is 9.78. The van der Waals surface area contributed by atoms with Gasteiger partial charge in [-0.05, 0) is 103 Å². The van der Waals surface area contributed by atoms with Gasteiger partial charge in [-0.15, -0.1) is 0 Å². The lowest BCUT2D eigenvalue weighted by molar-refractivity contribution is 0.662. The van der Waals surface area contributed by atoms with E-state index in [-0.39, 0.29) is 5.41 Å². The summed E-state index contributed by atoms with van der Waals surface area (Å²) in [4.78, 5) is 2.40. The summed E-state index contributed by atoms with van der Waals surface area (Å²) in [6.45, 7) is 4.80. The molecule has 52 heavy (non-hydrogen) atoms. The van der Waals surface area contributed by atoms with E-state index in [9.17, 15) is 0 Å². The summed E-state index contributed by atoms with van der Waals surface area (Å²) < 4.78 is 0. The first-order valence-corrected chi connectivity index (χ1v) is 18.1. The van der Waals surface area contributed by atoms with E-state index in [2.05, 4.69) is 219 Å².